The average Bonchev–Trinajstić information content (AvgIpc) is 2.69. The van der Waals surface area contributed by atoms with Crippen molar-refractivity contribution in [3.63, 3.8) is 0 Å². The Bertz CT molecular complexity index is 1290. The van der Waals surface area contributed by atoms with Crippen molar-refractivity contribution in [1.82, 2.24) is 4.98 Å². The maximum atomic E-state index is 13.0. The Hall–Kier alpha value is -3.57. The fourth-order valence-corrected chi connectivity index (χ4v) is 3.98. The molecule has 0 aliphatic rings. The maximum absolute atomic E-state index is 13.0. The van der Waals surface area contributed by atoms with E-state index in [-0.39, 0.29) is 38.7 Å². The highest BCUT2D eigenvalue weighted by molar-refractivity contribution is 7.92. The van der Waals surface area contributed by atoms with Crippen molar-refractivity contribution >= 4 is 55.8 Å². The van der Waals surface area contributed by atoms with E-state index in [1.807, 2.05) is 0 Å². The van der Waals surface area contributed by atoms with E-state index >= 15 is 0 Å². The third kappa shape index (κ3) is 4.21. The quantitative estimate of drug-likeness (QED) is 0.328. The smallest absolute Gasteiger partial charge is 0.335 e. The fourth-order valence-electron chi connectivity index (χ4n) is 2.68. The topological polar surface area (TPSA) is 170 Å². The summed E-state index contributed by atoms with van der Waals surface area (Å²) in [6.07, 6.45) is 1.35. The third-order valence-electron chi connectivity index (χ3n) is 4.03. The predicted molar refractivity (Wildman–Crippen MR) is 113 cm³/mol. The Balaban J connectivity index is 2.12. The summed E-state index contributed by atoms with van der Waals surface area (Å²) in [6.45, 7) is 0. The zero-order valence-corrected chi connectivity index (χ0v) is 17.0. The summed E-state index contributed by atoms with van der Waals surface area (Å²) < 4.78 is 33.4. The van der Waals surface area contributed by atoms with Gasteiger partial charge in [-0.1, -0.05) is 17.7 Å². The summed E-state index contributed by atoms with van der Waals surface area (Å²) in [6, 6.07) is 7.94. The van der Waals surface area contributed by atoms with Crippen molar-refractivity contribution < 1.29 is 23.1 Å². The van der Waals surface area contributed by atoms with E-state index in [2.05, 4.69) is 14.7 Å². The molecule has 3 rings (SSSR count). The van der Waals surface area contributed by atoms with Crippen LogP contribution in [0.4, 0.5) is 11.5 Å². The largest absolute Gasteiger partial charge is 0.495 e. The fraction of sp³-hybridized carbons (Fsp3) is 0.0556. The number of sulfonamides is 1. The SMILES string of the molecule is COc1ccc(C(=O)O)cc1NS(=O)(=O)c1ccc2c(Cl)cnc(N=C(N)N)c2c1. The number of aliphatic imine (C=N–C) groups is 1. The first-order chi connectivity index (χ1) is 14.1. The summed E-state index contributed by atoms with van der Waals surface area (Å²) >= 11 is 6.14. The molecule has 6 N–H and O–H groups in total. The number of carboxylic acids is 1. The minimum atomic E-state index is -4.14. The van der Waals surface area contributed by atoms with Crippen LogP contribution in [-0.2, 0) is 10.0 Å². The summed E-state index contributed by atoms with van der Waals surface area (Å²) in [5.74, 6) is -1.23. The van der Waals surface area contributed by atoms with Gasteiger partial charge in [-0.05, 0) is 30.3 Å². The number of guanidine groups is 1. The lowest BCUT2D eigenvalue weighted by Crippen LogP contribution is -2.22. The molecule has 1 heterocycles. The lowest BCUT2D eigenvalue weighted by Gasteiger charge is -2.13. The van der Waals surface area contributed by atoms with Gasteiger partial charge < -0.3 is 21.3 Å². The molecule has 0 saturated heterocycles. The first kappa shape index (κ1) is 21.1. The molecule has 0 amide bonds. The Labute approximate surface area is 176 Å². The number of aromatic carboxylic acids is 1. The van der Waals surface area contributed by atoms with Gasteiger partial charge in [0.25, 0.3) is 10.0 Å². The molecule has 0 unspecified atom stereocenters. The molecule has 12 heteroatoms. The van der Waals surface area contributed by atoms with Gasteiger partial charge >= 0.3 is 5.97 Å². The monoisotopic (exact) mass is 449 g/mol. The number of rotatable bonds is 6. The number of pyridine rings is 1. The van der Waals surface area contributed by atoms with Crippen LogP contribution in [-0.4, -0.2) is 37.5 Å². The summed E-state index contributed by atoms with van der Waals surface area (Å²) in [5.41, 5.74) is 10.7. The van der Waals surface area contributed by atoms with Gasteiger partial charge in [0.15, 0.2) is 11.8 Å². The Morgan fingerprint density at radius 1 is 1.20 bits per heavy atom. The number of hydrogen-bond acceptors (Lipinski definition) is 6. The molecule has 1 aromatic heterocycles. The number of nitrogens with zero attached hydrogens (tertiary/aromatic N) is 2. The molecule has 0 fully saturated rings. The van der Waals surface area contributed by atoms with Gasteiger partial charge in [0.05, 0.1) is 28.3 Å². The van der Waals surface area contributed by atoms with Gasteiger partial charge in [-0.2, -0.15) is 4.99 Å². The number of halogens is 1. The summed E-state index contributed by atoms with van der Waals surface area (Å²) in [5, 5.41) is 10.3. The maximum Gasteiger partial charge on any atom is 0.335 e. The van der Waals surface area contributed by atoms with Crippen molar-refractivity contribution in [3.8, 4) is 5.75 Å². The van der Waals surface area contributed by atoms with Crippen molar-refractivity contribution in [3.05, 3.63) is 53.2 Å². The number of nitrogens with one attached hydrogen (secondary N) is 1. The molecule has 10 nitrogen and oxygen atoms in total. The lowest BCUT2D eigenvalue weighted by atomic mass is 10.1. The second kappa shape index (κ2) is 8.05. The Kier molecular flexibility index (Phi) is 5.67. The van der Waals surface area contributed by atoms with E-state index in [1.165, 1.54) is 43.6 Å². The summed E-state index contributed by atoms with van der Waals surface area (Å²) in [7, 11) is -2.81. The van der Waals surface area contributed by atoms with Crippen LogP contribution in [0.3, 0.4) is 0 Å². The number of hydrogen-bond donors (Lipinski definition) is 4. The first-order valence-corrected chi connectivity index (χ1v) is 10.1. The van der Waals surface area contributed by atoms with Crippen LogP contribution in [0.15, 0.2) is 52.5 Å². The molecule has 0 spiro atoms. The first-order valence-electron chi connectivity index (χ1n) is 8.24. The molecule has 3 aromatic rings. The van der Waals surface area contributed by atoms with E-state index in [0.29, 0.717) is 10.8 Å². The lowest BCUT2D eigenvalue weighted by molar-refractivity contribution is 0.0697. The van der Waals surface area contributed by atoms with E-state index in [1.54, 1.807) is 0 Å². The van der Waals surface area contributed by atoms with Gasteiger partial charge in [0.2, 0.25) is 0 Å². The number of carboxylic acid groups (broad SMARTS) is 1. The molecule has 0 saturated carbocycles. The summed E-state index contributed by atoms with van der Waals surface area (Å²) in [4.78, 5) is 19.0. The number of anilines is 1. The zero-order chi connectivity index (χ0) is 22.1. The van der Waals surface area contributed by atoms with Crippen LogP contribution in [0, 0.1) is 0 Å². The molecule has 0 bridgehead atoms. The molecule has 30 heavy (non-hydrogen) atoms. The molecule has 2 aromatic carbocycles. The number of benzene rings is 2. The number of nitrogens with two attached hydrogens (primary N) is 2. The van der Waals surface area contributed by atoms with Gasteiger partial charge in [0, 0.05) is 17.0 Å². The van der Waals surface area contributed by atoms with Crippen LogP contribution in [0.2, 0.25) is 5.02 Å². The van der Waals surface area contributed by atoms with E-state index in [9.17, 15) is 13.2 Å². The molecular weight excluding hydrogens is 434 g/mol. The molecule has 0 radical (unpaired) electrons. The van der Waals surface area contributed by atoms with Crippen LogP contribution < -0.4 is 20.9 Å². The van der Waals surface area contributed by atoms with E-state index in [4.69, 9.17) is 32.9 Å². The van der Waals surface area contributed by atoms with E-state index < -0.39 is 16.0 Å². The molecule has 0 atom stereocenters. The second-order valence-corrected chi connectivity index (χ2v) is 8.09. The number of ether oxygens (including phenoxy) is 1. The Morgan fingerprint density at radius 2 is 1.93 bits per heavy atom. The number of methoxy groups -OCH3 is 1. The van der Waals surface area contributed by atoms with Gasteiger partial charge in [-0.15, -0.1) is 0 Å². The van der Waals surface area contributed by atoms with Crippen molar-refractivity contribution in [2.24, 2.45) is 16.5 Å². The minimum absolute atomic E-state index is 0.0360. The molecule has 0 aliphatic heterocycles. The third-order valence-corrected chi connectivity index (χ3v) is 5.69. The number of carbonyl (C=O) groups is 1. The van der Waals surface area contributed by atoms with Crippen molar-refractivity contribution in [1.29, 1.82) is 0 Å². The molecule has 156 valence electrons. The highest BCUT2D eigenvalue weighted by Crippen LogP contribution is 2.33. The standard InChI is InChI=1S/C18H16ClN5O5S/c1-29-15-5-2-9(17(25)26)6-14(15)24-30(27,28)10-3-4-11-12(7-10)16(23-18(20)21)22-8-13(11)19/h2-8,24H,1H3,(H,25,26)(H4,20,21,22,23). The normalized spacial score (nSPS) is 11.1. The molecular formula is C18H16ClN5O5S. The van der Waals surface area contributed by atoms with Crippen LogP contribution >= 0.6 is 11.6 Å². The highest BCUT2D eigenvalue weighted by Gasteiger charge is 2.20. The van der Waals surface area contributed by atoms with Crippen LogP contribution in [0.5, 0.6) is 5.75 Å². The minimum Gasteiger partial charge on any atom is -0.495 e. The van der Waals surface area contributed by atoms with Crippen molar-refractivity contribution in [2.45, 2.75) is 4.90 Å². The van der Waals surface area contributed by atoms with Crippen LogP contribution in [0.25, 0.3) is 10.8 Å². The van der Waals surface area contributed by atoms with Gasteiger partial charge in [-0.25, -0.2) is 18.2 Å². The van der Waals surface area contributed by atoms with Gasteiger partial charge in [0.1, 0.15) is 5.75 Å². The van der Waals surface area contributed by atoms with Crippen LogP contribution in [0.1, 0.15) is 10.4 Å². The number of fused-ring (bicyclic) bond motifs is 1. The van der Waals surface area contributed by atoms with Gasteiger partial charge in [-0.3, -0.25) is 4.72 Å². The van der Waals surface area contributed by atoms with E-state index in [0.717, 1.165) is 6.07 Å². The number of aromatic nitrogens is 1. The Morgan fingerprint density at radius 3 is 2.57 bits per heavy atom. The zero-order valence-electron chi connectivity index (χ0n) is 15.5. The second-order valence-electron chi connectivity index (χ2n) is 6.00. The molecule has 0 aliphatic carbocycles. The van der Waals surface area contributed by atoms with Crippen molar-refractivity contribution in [2.75, 3.05) is 11.8 Å². The average molecular weight is 450 g/mol. The highest BCUT2D eigenvalue weighted by atomic mass is 35.5. The predicted octanol–water partition coefficient (Wildman–Crippen LogP) is 2.30.